The quantitative estimate of drug-likeness (QED) is 0.298. The fraction of sp³-hybridized carbons (Fsp3) is 0.833. The molecule has 0 radical (unpaired) electrons. The Bertz CT molecular complexity index is 260. The second-order valence-electron chi connectivity index (χ2n) is 2.72. The van der Waals surface area contributed by atoms with Gasteiger partial charge in [0.1, 0.15) is 0 Å². The lowest BCUT2D eigenvalue weighted by Gasteiger charge is -2.06. The van der Waals surface area contributed by atoms with Crippen molar-refractivity contribution in [2.45, 2.75) is 19.4 Å². The predicted octanol–water partition coefficient (Wildman–Crippen LogP) is -1.27. The molecule has 6 nitrogen and oxygen atoms in total. The molecule has 0 aliphatic rings. The van der Waals surface area contributed by atoms with Gasteiger partial charge in [-0.25, -0.2) is 0 Å². The number of hydrogen-bond acceptors (Lipinski definition) is 4. The predicted molar refractivity (Wildman–Crippen MR) is 47.7 cm³/mol. The van der Waals surface area contributed by atoms with Crippen LogP contribution in [0, 0.1) is 0 Å². The van der Waals surface area contributed by atoms with E-state index in [1.165, 1.54) is 6.92 Å². The molecular formula is C6H14N2O4S. The smallest absolute Gasteiger partial charge is 0.264 e. The molecule has 0 aromatic heterocycles. The maximum Gasteiger partial charge on any atom is 0.264 e. The molecule has 0 heterocycles. The number of nitrogens with two attached hydrogens (primary N) is 1. The summed E-state index contributed by atoms with van der Waals surface area (Å²) in [5, 5.41) is 2.42. The minimum Gasteiger partial charge on any atom is -0.355 e. The molecule has 4 N–H and O–H groups in total. The summed E-state index contributed by atoms with van der Waals surface area (Å²) in [5.74, 6) is -0.693. The van der Waals surface area contributed by atoms with Crippen LogP contribution < -0.4 is 11.1 Å². The van der Waals surface area contributed by atoms with Crippen molar-refractivity contribution in [1.29, 1.82) is 0 Å². The Balaban J connectivity index is 3.53. The van der Waals surface area contributed by atoms with Crippen molar-refractivity contribution in [2.75, 3.05) is 12.3 Å². The van der Waals surface area contributed by atoms with Crippen LogP contribution in [0.4, 0.5) is 0 Å². The molecule has 0 aliphatic heterocycles. The van der Waals surface area contributed by atoms with Crippen LogP contribution in [-0.4, -0.2) is 37.2 Å². The van der Waals surface area contributed by atoms with Gasteiger partial charge < -0.3 is 11.1 Å². The van der Waals surface area contributed by atoms with E-state index in [0.717, 1.165) is 0 Å². The first-order valence-electron chi connectivity index (χ1n) is 3.81. The number of carbonyl (C=O) groups excluding carboxylic acids is 1. The zero-order valence-corrected chi connectivity index (χ0v) is 8.17. The van der Waals surface area contributed by atoms with E-state index in [9.17, 15) is 13.2 Å². The van der Waals surface area contributed by atoms with Crippen molar-refractivity contribution < 1.29 is 17.8 Å². The van der Waals surface area contributed by atoms with Gasteiger partial charge in [-0.1, -0.05) is 0 Å². The Hall–Kier alpha value is -0.660. The highest BCUT2D eigenvalue weighted by Gasteiger charge is 2.07. The molecule has 0 saturated heterocycles. The molecular weight excluding hydrogens is 197 g/mol. The Morgan fingerprint density at radius 1 is 1.62 bits per heavy atom. The van der Waals surface area contributed by atoms with E-state index in [0.29, 0.717) is 0 Å². The summed E-state index contributed by atoms with van der Waals surface area (Å²) in [6.07, 6.45) is 0.178. The van der Waals surface area contributed by atoms with Gasteiger partial charge in [-0.2, -0.15) is 8.42 Å². The minimum atomic E-state index is -3.92. The Morgan fingerprint density at radius 3 is 2.54 bits per heavy atom. The van der Waals surface area contributed by atoms with Crippen LogP contribution in [0.1, 0.15) is 13.3 Å². The highest BCUT2D eigenvalue weighted by molar-refractivity contribution is 7.85. The molecule has 0 rings (SSSR count). The first kappa shape index (κ1) is 12.3. The largest absolute Gasteiger partial charge is 0.355 e. The van der Waals surface area contributed by atoms with Gasteiger partial charge >= 0.3 is 0 Å². The van der Waals surface area contributed by atoms with Crippen molar-refractivity contribution in [3.8, 4) is 0 Å². The van der Waals surface area contributed by atoms with Gasteiger partial charge in [0.25, 0.3) is 10.1 Å². The minimum absolute atomic E-state index is 0.178. The summed E-state index contributed by atoms with van der Waals surface area (Å²) in [4.78, 5) is 10.8. The van der Waals surface area contributed by atoms with Gasteiger partial charge in [0.05, 0.1) is 11.8 Å². The highest BCUT2D eigenvalue weighted by atomic mass is 32.2. The number of amides is 1. The van der Waals surface area contributed by atoms with E-state index in [2.05, 4.69) is 5.32 Å². The third kappa shape index (κ3) is 7.69. The van der Waals surface area contributed by atoms with E-state index in [-0.39, 0.29) is 24.6 Å². The third-order valence-electron chi connectivity index (χ3n) is 1.29. The van der Waals surface area contributed by atoms with Gasteiger partial charge in [-0.05, 0) is 13.3 Å². The molecule has 0 fully saturated rings. The molecule has 0 aromatic rings. The average Bonchev–Trinajstić information content (AvgIpc) is 1.95. The Morgan fingerprint density at radius 2 is 2.15 bits per heavy atom. The summed E-state index contributed by atoms with van der Waals surface area (Å²) in [6, 6.07) is -0.606. The molecule has 0 unspecified atom stereocenters. The number of rotatable bonds is 5. The third-order valence-corrected chi connectivity index (χ3v) is 2.10. The molecule has 0 bridgehead atoms. The summed E-state index contributed by atoms with van der Waals surface area (Å²) in [6.45, 7) is 1.72. The number of hydrogen-bond donors (Lipinski definition) is 3. The van der Waals surface area contributed by atoms with Gasteiger partial charge in [0.2, 0.25) is 5.91 Å². The van der Waals surface area contributed by atoms with Gasteiger partial charge in [-0.3, -0.25) is 9.35 Å². The monoisotopic (exact) mass is 211 g/mol. The van der Waals surface area contributed by atoms with Crippen molar-refractivity contribution in [3.63, 3.8) is 0 Å². The van der Waals surface area contributed by atoms with Crippen molar-refractivity contribution in [2.24, 2.45) is 5.73 Å². The summed E-state index contributed by atoms with van der Waals surface area (Å²) < 4.78 is 28.8. The number of nitrogens with one attached hydrogen (secondary N) is 1. The molecule has 13 heavy (non-hydrogen) atoms. The molecule has 0 aromatic carbocycles. The van der Waals surface area contributed by atoms with E-state index >= 15 is 0 Å². The maximum atomic E-state index is 10.8. The van der Waals surface area contributed by atoms with Gasteiger partial charge in [-0.15, -0.1) is 0 Å². The topological polar surface area (TPSA) is 109 Å². The summed E-state index contributed by atoms with van der Waals surface area (Å²) in [7, 11) is -3.92. The van der Waals surface area contributed by atoms with Crippen LogP contribution in [0.2, 0.25) is 0 Å². The molecule has 1 amide bonds. The highest BCUT2D eigenvalue weighted by Crippen LogP contribution is 1.86. The van der Waals surface area contributed by atoms with Crippen LogP contribution in [0.3, 0.4) is 0 Å². The van der Waals surface area contributed by atoms with Crippen molar-refractivity contribution >= 4 is 16.0 Å². The molecule has 78 valence electrons. The molecule has 0 saturated carbocycles. The van der Waals surface area contributed by atoms with E-state index in [1.54, 1.807) is 0 Å². The van der Waals surface area contributed by atoms with Crippen molar-refractivity contribution in [1.82, 2.24) is 5.32 Å². The van der Waals surface area contributed by atoms with E-state index in [4.69, 9.17) is 10.3 Å². The first-order valence-corrected chi connectivity index (χ1v) is 5.42. The lowest BCUT2D eigenvalue weighted by atomic mass is 10.3. The fourth-order valence-corrected chi connectivity index (χ4v) is 1.14. The van der Waals surface area contributed by atoms with E-state index < -0.39 is 16.2 Å². The van der Waals surface area contributed by atoms with Crippen molar-refractivity contribution in [3.05, 3.63) is 0 Å². The van der Waals surface area contributed by atoms with Gasteiger partial charge in [0, 0.05) is 6.54 Å². The Labute approximate surface area is 77.2 Å². The molecule has 7 heteroatoms. The summed E-state index contributed by atoms with van der Waals surface area (Å²) in [5.41, 5.74) is 5.22. The van der Waals surface area contributed by atoms with Crippen LogP contribution in [0.25, 0.3) is 0 Å². The average molecular weight is 211 g/mol. The molecule has 0 aliphatic carbocycles. The lowest BCUT2D eigenvalue weighted by molar-refractivity contribution is -0.121. The second kappa shape index (κ2) is 5.15. The molecule has 1 atom stereocenters. The standard InChI is InChI=1S/C6H14N2O4S/c1-5(7)6(9)8-3-2-4-13(10,11)12/h5H,2-4,7H2,1H3,(H,8,9)(H,10,11,12)/t5-/m0/s1/i8+1. The Kier molecular flexibility index (Phi) is 4.89. The van der Waals surface area contributed by atoms with E-state index in [1.807, 2.05) is 0 Å². The normalized spacial score (nSPS) is 13.8. The number of carbonyl (C=O) groups is 1. The zero-order chi connectivity index (χ0) is 10.5. The lowest BCUT2D eigenvalue weighted by Crippen LogP contribution is -2.39. The van der Waals surface area contributed by atoms with Crippen LogP contribution >= 0.6 is 0 Å². The summed E-state index contributed by atoms with van der Waals surface area (Å²) >= 11 is 0. The van der Waals surface area contributed by atoms with Crippen LogP contribution in [0.5, 0.6) is 0 Å². The first-order chi connectivity index (χ1) is 5.83. The fourth-order valence-electron chi connectivity index (χ4n) is 0.627. The van der Waals surface area contributed by atoms with Crippen LogP contribution in [-0.2, 0) is 14.9 Å². The maximum absolute atomic E-state index is 10.8. The SMILES string of the molecule is C[C@H](N)C(=O)[15NH]CCCS(=O)(=O)O. The zero-order valence-electron chi connectivity index (χ0n) is 7.36. The second-order valence-corrected chi connectivity index (χ2v) is 4.29. The van der Waals surface area contributed by atoms with Gasteiger partial charge in [0.15, 0.2) is 0 Å². The van der Waals surface area contributed by atoms with Crippen LogP contribution in [0.15, 0.2) is 0 Å². The molecule has 0 spiro atoms.